The van der Waals surface area contributed by atoms with E-state index < -0.39 is 0 Å². The molecule has 0 fully saturated rings. The number of aromatic nitrogens is 1. The number of rotatable bonds is 5. The van der Waals surface area contributed by atoms with Crippen molar-refractivity contribution in [3.05, 3.63) is 89.9 Å². The van der Waals surface area contributed by atoms with Crippen molar-refractivity contribution < 1.29 is 13.9 Å². The molecule has 3 rings (SSSR count). The Hall–Kier alpha value is -3.21. The molecule has 0 unspecified atom stereocenters. The van der Waals surface area contributed by atoms with E-state index in [1.165, 1.54) is 12.1 Å². The molecule has 0 bridgehead atoms. The molecule has 0 saturated heterocycles. The first-order valence-corrected chi connectivity index (χ1v) is 7.41. The van der Waals surface area contributed by atoms with E-state index in [1.54, 1.807) is 60.8 Å². The van der Waals surface area contributed by atoms with Gasteiger partial charge in [-0.2, -0.15) is 0 Å². The molecule has 24 heavy (non-hydrogen) atoms. The van der Waals surface area contributed by atoms with E-state index >= 15 is 0 Å². The van der Waals surface area contributed by atoms with Crippen LogP contribution in [0.2, 0.25) is 0 Å². The van der Waals surface area contributed by atoms with Crippen molar-refractivity contribution in [2.45, 2.75) is 6.61 Å². The zero-order chi connectivity index (χ0) is 16.8. The molecule has 0 saturated carbocycles. The van der Waals surface area contributed by atoms with Crippen LogP contribution in [-0.4, -0.2) is 10.9 Å². The van der Waals surface area contributed by atoms with Gasteiger partial charge in [-0.3, -0.25) is 4.79 Å². The van der Waals surface area contributed by atoms with E-state index in [1.807, 2.05) is 0 Å². The van der Waals surface area contributed by atoms with Gasteiger partial charge >= 0.3 is 0 Å². The van der Waals surface area contributed by atoms with Gasteiger partial charge in [0.05, 0.1) is 5.56 Å². The Morgan fingerprint density at radius 2 is 1.75 bits per heavy atom. The molecule has 0 atom stereocenters. The van der Waals surface area contributed by atoms with Crippen molar-refractivity contribution in [3.63, 3.8) is 0 Å². The lowest BCUT2D eigenvalue weighted by Gasteiger charge is -2.11. The molecule has 4 nitrogen and oxygen atoms in total. The molecule has 1 heterocycles. The van der Waals surface area contributed by atoms with Crippen molar-refractivity contribution in [1.82, 2.24) is 4.98 Å². The number of anilines is 1. The Morgan fingerprint density at radius 1 is 1.00 bits per heavy atom. The van der Waals surface area contributed by atoms with Crippen LogP contribution < -0.4 is 10.1 Å². The van der Waals surface area contributed by atoms with Gasteiger partial charge in [0.25, 0.3) is 5.91 Å². The zero-order valence-electron chi connectivity index (χ0n) is 12.8. The number of ether oxygens (including phenoxy) is 1. The van der Waals surface area contributed by atoms with Crippen molar-refractivity contribution in [2.24, 2.45) is 0 Å². The average Bonchev–Trinajstić information content (AvgIpc) is 2.62. The number of nitrogens with one attached hydrogen (secondary N) is 1. The lowest BCUT2D eigenvalue weighted by atomic mass is 10.2. The lowest BCUT2D eigenvalue weighted by Crippen LogP contribution is -2.14. The molecule has 0 spiro atoms. The van der Waals surface area contributed by atoms with E-state index in [0.29, 0.717) is 17.1 Å². The van der Waals surface area contributed by atoms with Gasteiger partial charge in [-0.25, -0.2) is 9.37 Å². The number of amides is 1. The van der Waals surface area contributed by atoms with Gasteiger partial charge in [-0.15, -0.1) is 0 Å². The summed E-state index contributed by atoms with van der Waals surface area (Å²) < 4.78 is 18.6. The van der Waals surface area contributed by atoms with Crippen molar-refractivity contribution >= 4 is 11.7 Å². The van der Waals surface area contributed by atoms with Crippen LogP contribution in [0.15, 0.2) is 72.9 Å². The number of hydrogen-bond acceptors (Lipinski definition) is 3. The maximum absolute atomic E-state index is 12.9. The Kier molecular flexibility index (Phi) is 4.81. The predicted octanol–water partition coefficient (Wildman–Crippen LogP) is 4.05. The van der Waals surface area contributed by atoms with Crippen LogP contribution in [0.5, 0.6) is 5.75 Å². The maximum Gasteiger partial charge on any atom is 0.260 e. The summed E-state index contributed by atoms with van der Waals surface area (Å²) in [4.78, 5) is 16.5. The van der Waals surface area contributed by atoms with Crippen molar-refractivity contribution in [1.29, 1.82) is 0 Å². The molecule has 1 amide bonds. The summed E-state index contributed by atoms with van der Waals surface area (Å²) in [5.41, 5.74) is 1.22. The van der Waals surface area contributed by atoms with Gasteiger partial charge in [-0.1, -0.05) is 30.3 Å². The lowest BCUT2D eigenvalue weighted by molar-refractivity contribution is 0.102. The minimum atomic E-state index is -0.302. The second-order valence-corrected chi connectivity index (χ2v) is 5.08. The van der Waals surface area contributed by atoms with E-state index in [4.69, 9.17) is 4.74 Å². The third-order valence-corrected chi connectivity index (χ3v) is 3.35. The number of para-hydroxylation sites is 1. The minimum Gasteiger partial charge on any atom is -0.488 e. The van der Waals surface area contributed by atoms with E-state index in [2.05, 4.69) is 10.3 Å². The maximum atomic E-state index is 12.9. The largest absolute Gasteiger partial charge is 0.488 e. The summed E-state index contributed by atoms with van der Waals surface area (Å²) in [7, 11) is 0. The molecule has 1 aromatic heterocycles. The summed E-state index contributed by atoms with van der Waals surface area (Å²) in [6, 6.07) is 18.3. The number of hydrogen-bond donors (Lipinski definition) is 1. The van der Waals surface area contributed by atoms with Crippen LogP contribution in [-0.2, 0) is 6.61 Å². The molecule has 0 radical (unpaired) electrons. The van der Waals surface area contributed by atoms with Crippen LogP contribution >= 0.6 is 0 Å². The second-order valence-electron chi connectivity index (χ2n) is 5.08. The van der Waals surface area contributed by atoms with Gasteiger partial charge < -0.3 is 10.1 Å². The highest BCUT2D eigenvalue weighted by atomic mass is 19.1. The molecular weight excluding hydrogens is 307 g/mol. The fourth-order valence-corrected chi connectivity index (χ4v) is 2.14. The Balaban J connectivity index is 1.72. The third-order valence-electron chi connectivity index (χ3n) is 3.35. The average molecular weight is 322 g/mol. The first kappa shape index (κ1) is 15.7. The number of carbonyl (C=O) groups is 1. The standard InChI is InChI=1S/C19H15FN2O2/c20-15-10-8-14(9-11-15)13-24-17-6-2-1-5-16(17)19(23)22-18-7-3-4-12-21-18/h1-12H,13H2,(H,21,22,23). The topological polar surface area (TPSA) is 51.2 Å². The first-order chi connectivity index (χ1) is 11.7. The fourth-order valence-electron chi connectivity index (χ4n) is 2.14. The molecule has 3 aromatic rings. The number of nitrogens with zero attached hydrogens (tertiary/aromatic N) is 1. The molecule has 5 heteroatoms. The molecule has 0 aliphatic heterocycles. The second kappa shape index (κ2) is 7.37. The van der Waals surface area contributed by atoms with Gasteiger partial charge in [0.15, 0.2) is 0 Å². The summed E-state index contributed by atoms with van der Waals surface area (Å²) in [5.74, 6) is 0.323. The smallest absolute Gasteiger partial charge is 0.260 e. The highest BCUT2D eigenvalue weighted by Gasteiger charge is 2.12. The van der Waals surface area contributed by atoms with E-state index in [0.717, 1.165) is 5.56 Å². The highest BCUT2D eigenvalue weighted by molar-refractivity contribution is 6.05. The van der Waals surface area contributed by atoms with Crippen LogP contribution in [0.3, 0.4) is 0 Å². The SMILES string of the molecule is O=C(Nc1ccccn1)c1ccccc1OCc1ccc(F)cc1. The fraction of sp³-hybridized carbons (Fsp3) is 0.0526. The van der Waals surface area contributed by atoms with Crippen molar-refractivity contribution in [2.75, 3.05) is 5.32 Å². The first-order valence-electron chi connectivity index (χ1n) is 7.41. The van der Waals surface area contributed by atoms with Gasteiger partial charge in [0.2, 0.25) is 0 Å². The summed E-state index contributed by atoms with van der Waals surface area (Å²) in [6.45, 7) is 0.244. The summed E-state index contributed by atoms with van der Waals surface area (Å²) in [6.07, 6.45) is 1.60. The Labute approximate surface area is 138 Å². The molecule has 0 aliphatic carbocycles. The van der Waals surface area contributed by atoms with Crippen LogP contribution in [0.1, 0.15) is 15.9 Å². The van der Waals surface area contributed by atoms with Gasteiger partial charge in [-0.05, 0) is 42.0 Å². The van der Waals surface area contributed by atoms with Crippen LogP contribution in [0, 0.1) is 5.82 Å². The quantitative estimate of drug-likeness (QED) is 0.771. The number of halogens is 1. The molecule has 2 aromatic carbocycles. The van der Waals surface area contributed by atoms with E-state index in [-0.39, 0.29) is 18.3 Å². The van der Waals surface area contributed by atoms with Crippen LogP contribution in [0.4, 0.5) is 10.2 Å². The Morgan fingerprint density at radius 3 is 2.50 bits per heavy atom. The van der Waals surface area contributed by atoms with Crippen molar-refractivity contribution in [3.8, 4) is 5.75 Å². The van der Waals surface area contributed by atoms with Gasteiger partial charge in [0, 0.05) is 6.20 Å². The summed E-state index contributed by atoms with van der Waals surface area (Å²) in [5, 5.41) is 2.72. The molecule has 0 aliphatic rings. The molecule has 1 N–H and O–H groups in total. The third kappa shape index (κ3) is 3.95. The highest BCUT2D eigenvalue weighted by Crippen LogP contribution is 2.20. The predicted molar refractivity (Wildman–Crippen MR) is 89.4 cm³/mol. The molecular formula is C19H15FN2O2. The van der Waals surface area contributed by atoms with Crippen LogP contribution in [0.25, 0.3) is 0 Å². The molecule has 120 valence electrons. The number of benzene rings is 2. The number of pyridine rings is 1. The summed E-state index contributed by atoms with van der Waals surface area (Å²) >= 11 is 0. The zero-order valence-corrected chi connectivity index (χ0v) is 12.8. The number of carbonyl (C=O) groups excluding carboxylic acids is 1. The minimum absolute atomic E-state index is 0.244. The van der Waals surface area contributed by atoms with Gasteiger partial charge in [0.1, 0.15) is 24.0 Å². The monoisotopic (exact) mass is 322 g/mol. The Bertz CT molecular complexity index is 820. The normalized spacial score (nSPS) is 10.2. The van der Waals surface area contributed by atoms with E-state index in [9.17, 15) is 9.18 Å².